The molecule has 3 N–H and O–H groups in total. The fraction of sp³-hybridized carbons (Fsp3) is 0.300. The molecule has 0 aromatic heterocycles. The van der Waals surface area contributed by atoms with Crippen LogP contribution >= 0.6 is 11.6 Å². The van der Waals surface area contributed by atoms with E-state index in [2.05, 4.69) is 10.9 Å². The lowest BCUT2D eigenvalue weighted by Gasteiger charge is -2.09. The van der Waals surface area contributed by atoms with Crippen molar-refractivity contribution in [3.05, 3.63) is 34.6 Å². The normalized spacial score (nSPS) is 24.6. The molecule has 0 spiro atoms. The number of hydrazine groups is 1. The Morgan fingerprint density at radius 3 is 2.81 bits per heavy atom. The minimum atomic E-state index is -0.914. The molecule has 0 amide bonds. The van der Waals surface area contributed by atoms with Gasteiger partial charge < -0.3 is 5.11 Å². The number of hydrogen-bond acceptors (Lipinski definition) is 3. The molecular formula is C10H10ClFN2O2. The lowest BCUT2D eigenvalue weighted by molar-refractivity contribution is -0.139. The first-order valence-corrected chi connectivity index (χ1v) is 5.14. The summed E-state index contributed by atoms with van der Waals surface area (Å²) in [6.07, 6.45) is 0.400. The molecule has 1 aliphatic rings. The Morgan fingerprint density at radius 2 is 2.25 bits per heavy atom. The van der Waals surface area contributed by atoms with Gasteiger partial charge >= 0.3 is 5.97 Å². The van der Waals surface area contributed by atoms with Crippen molar-refractivity contribution in [2.45, 2.75) is 18.5 Å². The summed E-state index contributed by atoms with van der Waals surface area (Å²) in [6, 6.07) is 3.56. The van der Waals surface area contributed by atoms with E-state index in [1.165, 1.54) is 12.1 Å². The largest absolute Gasteiger partial charge is 0.480 e. The first-order valence-electron chi connectivity index (χ1n) is 4.76. The first kappa shape index (κ1) is 11.3. The second-order valence-corrected chi connectivity index (χ2v) is 4.05. The van der Waals surface area contributed by atoms with Gasteiger partial charge in [0.05, 0.1) is 5.02 Å². The zero-order chi connectivity index (χ0) is 11.7. The van der Waals surface area contributed by atoms with Gasteiger partial charge in [-0.1, -0.05) is 17.7 Å². The molecule has 16 heavy (non-hydrogen) atoms. The predicted molar refractivity (Wildman–Crippen MR) is 56.5 cm³/mol. The van der Waals surface area contributed by atoms with Crippen LogP contribution in [0.1, 0.15) is 18.0 Å². The van der Waals surface area contributed by atoms with E-state index in [1.54, 1.807) is 6.07 Å². The van der Waals surface area contributed by atoms with Crippen molar-refractivity contribution in [2.75, 3.05) is 0 Å². The third kappa shape index (κ3) is 2.16. The van der Waals surface area contributed by atoms with Gasteiger partial charge in [0.2, 0.25) is 0 Å². The van der Waals surface area contributed by atoms with Crippen molar-refractivity contribution in [3.8, 4) is 0 Å². The molecule has 1 saturated heterocycles. The summed E-state index contributed by atoms with van der Waals surface area (Å²) in [7, 11) is 0. The Bertz CT molecular complexity index is 427. The molecular weight excluding hydrogens is 235 g/mol. The molecule has 4 nitrogen and oxygen atoms in total. The molecule has 0 aliphatic carbocycles. The molecule has 86 valence electrons. The summed E-state index contributed by atoms with van der Waals surface area (Å²) in [5.41, 5.74) is 6.26. The number of hydrogen-bond donors (Lipinski definition) is 3. The third-order valence-corrected chi connectivity index (χ3v) is 2.84. The van der Waals surface area contributed by atoms with Gasteiger partial charge in [-0.25, -0.2) is 15.2 Å². The van der Waals surface area contributed by atoms with Crippen LogP contribution < -0.4 is 10.9 Å². The van der Waals surface area contributed by atoms with Crippen molar-refractivity contribution in [3.63, 3.8) is 0 Å². The highest BCUT2D eigenvalue weighted by Gasteiger charge is 2.29. The lowest BCUT2D eigenvalue weighted by atomic mass is 10.0. The van der Waals surface area contributed by atoms with Crippen LogP contribution in [-0.4, -0.2) is 17.1 Å². The van der Waals surface area contributed by atoms with Gasteiger partial charge in [-0.05, 0) is 24.1 Å². The lowest BCUT2D eigenvalue weighted by Crippen LogP contribution is -2.36. The molecule has 1 fully saturated rings. The fourth-order valence-corrected chi connectivity index (χ4v) is 1.85. The van der Waals surface area contributed by atoms with Gasteiger partial charge in [0, 0.05) is 6.04 Å². The molecule has 1 aromatic rings. The number of carbonyl (C=O) groups is 1. The minimum Gasteiger partial charge on any atom is -0.480 e. The summed E-state index contributed by atoms with van der Waals surface area (Å²) in [6.45, 7) is 0. The maximum Gasteiger partial charge on any atom is 0.322 e. The smallest absolute Gasteiger partial charge is 0.322 e. The summed E-state index contributed by atoms with van der Waals surface area (Å²) < 4.78 is 12.9. The maximum atomic E-state index is 12.9. The number of nitrogens with one attached hydrogen (secondary N) is 2. The Kier molecular flexibility index (Phi) is 3.09. The van der Waals surface area contributed by atoms with Crippen molar-refractivity contribution in [1.29, 1.82) is 0 Å². The zero-order valence-corrected chi connectivity index (χ0v) is 8.96. The average molecular weight is 245 g/mol. The van der Waals surface area contributed by atoms with Gasteiger partial charge in [-0.15, -0.1) is 0 Å². The van der Waals surface area contributed by atoms with Gasteiger partial charge in [-0.3, -0.25) is 4.79 Å². The van der Waals surface area contributed by atoms with Gasteiger partial charge in [0.15, 0.2) is 0 Å². The van der Waals surface area contributed by atoms with Crippen molar-refractivity contribution in [2.24, 2.45) is 0 Å². The van der Waals surface area contributed by atoms with E-state index in [-0.39, 0.29) is 11.1 Å². The van der Waals surface area contributed by atoms with E-state index in [0.29, 0.717) is 6.42 Å². The summed E-state index contributed by atoms with van der Waals surface area (Å²) >= 11 is 5.65. The first-order chi connectivity index (χ1) is 7.58. The molecule has 0 bridgehead atoms. The average Bonchev–Trinajstić information content (AvgIpc) is 2.71. The van der Waals surface area contributed by atoms with Crippen LogP contribution in [0.3, 0.4) is 0 Å². The third-order valence-electron chi connectivity index (χ3n) is 2.55. The second kappa shape index (κ2) is 4.37. The highest BCUT2D eigenvalue weighted by molar-refractivity contribution is 6.30. The van der Waals surface area contributed by atoms with Crippen LogP contribution in [0.5, 0.6) is 0 Å². The zero-order valence-electron chi connectivity index (χ0n) is 8.21. The topological polar surface area (TPSA) is 61.4 Å². The molecule has 0 radical (unpaired) electrons. The monoisotopic (exact) mass is 244 g/mol. The van der Waals surface area contributed by atoms with Gasteiger partial charge in [-0.2, -0.15) is 0 Å². The molecule has 2 rings (SSSR count). The van der Waals surface area contributed by atoms with Crippen molar-refractivity contribution < 1.29 is 14.3 Å². The quantitative estimate of drug-likeness (QED) is 0.737. The molecule has 2 atom stereocenters. The van der Waals surface area contributed by atoms with Crippen LogP contribution in [0.25, 0.3) is 0 Å². The Morgan fingerprint density at radius 1 is 1.50 bits per heavy atom. The Hall–Kier alpha value is -1.17. The van der Waals surface area contributed by atoms with E-state index < -0.39 is 17.8 Å². The van der Waals surface area contributed by atoms with E-state index in [1.807, 2.05) is 0 Å². The number of carboxylic acids is 1. The predicted octanol–water partition coefficient (Wildman–Crippen LogP) is 1.47. The highest BCUT2D eigenvalue weighted by Crippen LogP contribution is 2.25. The number of carboxylic acid groups (broad SMARTS) is 1. The van der Waals surface area contributed by atoms with Crippen LogP contribution in [0.2, 0.25) is 5.02 Å². The van der Waals surface area contributed by atoms with Gasteiger partial charge in [0.25, 0.3) is 0 Å². The number of benzene rings is 1. The summed E-state index contributed by atoms with van der Waals surface area (Å²) in [4.78, 5) is 10.7. The Labute approximate surface area is 96.4 Å². The highest BCUT2D eigenvalue weighted by atomic mass is 35.5. The van der Waals surface area contributed by atoms with E-state index in [0.717, 1.165) is 5.56 Å². The van der Waals surface area contributed by atoms with Gasteiger partial charge in [0.1, 0.15) is 11.9 Å². The Balaban J connectivity index is 2.14. The minimum absolute atomic E-state index is 0.0399. The van der Waals surface area contributed by atoms with E-state index >= 15 is 0 Å². The molecule has 6 heteroatoms. The fourth-order valence-electron chi connectivity index (χ4n) is 1.67. The van der Waals surface area contributed by atoms with Crippen LogP contribution in [0, 0.1) is 5.82 Å². The molecule has 1 heterocycles. The molecule has 1 aromatic carbocycles. The summed E-state index contributed by atoms with van der Waals surface area (Å²) in [5, 5.41) is 8.83. The second-order valence-electron chi connectivity index (χ2n) is 3.64. The number of aliphatic carboxylic acids is 1. The standard InChI is InChI=1S/C10H10ClFN2O2/c11-6-3-5(1-2-7(6)12)8-4-9(10(15)16)14-13-8/h1-3,8-9,13-14H,4H2,(H,15,16). The van der Waals surface area contributed by atoms with E-state index in [9.17, 15) is 9.18 Å². The van der Waals surface area contributed by atoms with E-state index in [4.69, 9.17) is 16.7 Å². The summed E-state index contributed by atoms with van der Waals surface area (Å²) in [5.74, 6) is -1.39. The maximum absolute atomic E-state index is 12.9. The number of halogens is 2. The van der Waals surface area contributed by atoms with Crippen LogP contribution in [0.4, 0.5) is 4.39 Å². The number of rotatable bonds is 2. The molecule has 1 aliphatic heterocycles. The molecule has 0 saturated carbocycles. The SMILES string of the molecule is O=C(O)C1CC(c2ccc(F)c(Cl)c2)NN1. The van der Waals surface area contributed by atoms with Crippen molar-refractivity contribution in [1.82, 2.24) is 10.9 Å². The molecule has 2 unspecified atom stereocenters. The van der Waals surface area contributed by atoms with Crippen molar-refractivity contribution >= 4 is 17.6 Å². The van der Waals surface area contributed by atoms with Crippen LogP contribution in [-0.2, 0) is 4.79 Å². The van der Waals surface area contributed by atoms with Crippen LogP contribution in [0.15, 0.2) is 18.2 Å².